The van der Waals surface area contributed by atoms with Crippen LogP contribution in [-0.4, -0.2) is 27.5 Å². The first-order valence-corrected chi connectivity index (χ1v) is 11.6. The van der Waals surface area contributed by atoms with Crippen LogP contribution in [0.2, 0.25) is 0 Å². The van der Waals surface area contributed by atoms with E-state index in [1.165, 1.54) is 17.0 Å². The van der Waals surface area contributed by atoms with E-state index in [0.717, 1.165) is 30.7 Å². The van der Waals surface area contributed by atoms with E-state index < -0.39 is 10.0 Å². The second-order valence-electron chi connectivity index (χ2n) is 6.37. The second kappa shape index (κ2) is 10.2. The van der Waals surface area contributed by atoms with Crippen LogP contribution in [0.15, 0.2) is 74.5 Å². The summed E-state index contributed by atoms with van der Waals surface area (Å²) in [6, 6.07) is 14.4. The number of sulfonamides is 1. The average molecular weight is 433 g/mol. The van der Waals surface area contributed by atoms with Crippen molar-refractivity contribution < 1.29 is 12.8 Å². The molecule has 29 heavy (non-hydrogen) atoms. The number of hydrogen-bond acceptors (Lipinski definition) is 5. The van der Waals surface area contributed by atoms with Crippen molar-refractivity contribution in [3.05, 3.63) is 76.4 Å². The highest BCUT2D eigenvalue weighted by molar-refractivity contribution is 7.89. The zero-order valence-corrected chi connectivity index (χ0v) is 17.5. The Hall–Kier alpha value is -2.62. The molecule has 3 aromatic rings. The molecular weight excluding hydrogens is 408 g/mol. The lowest BCUT2D eigenvalue weighted by atomic mass is 10.2. The highest BCUT2D eigenvalue weighted by atomic mass is 32.2. The molecule has 0 spiro atoms. The Kier molecular flexibility index (Phi) is 7.45. The molecule has 0 radical (unpaired) electrons. The lowest BCUT2D eigenvalue weighted by Crippen LogP contribution is -2.39. The molecule has 0 aliphatic heterocycles. The van der Waals surface area contributed by atoms with Crippen LogP contribution >= 0.6 is 11.3 Å². The maximum Gasteiger partial charge on any atom is 0.238 e. The number of primary sulfonamides is 1. The molecule has 9 heteroatoms. The number of guanidine groups is 1. The van der Waals surface area contributed by atoms with Gasteiger partial charge in [-0.25, -0.2) is 18.5 Å². The Morgan fingerprint density at radius 3 is 2.41 bits per heavy atom. The molecule has 0 fully saturated rings. The van der Waals surface area contributed by atoms with Gasteiger partial charge in [-0.1, -0.05) is 18.2 Å². The van der Waals surface area contributed by atoms with Crippen molar-refractivity contribution in [1.82, 2.24) is 10.6 Å². The number of furan rings is 1. The van der Waals surface area contributed by atoms with E-state index in [1.807, 2.05) is 18.2 Å². The normalized spacial score (nSPS) is 12.1. The molecule has 0 aliphatic carbocycles. The molecule has 0 amide bonds. The molecule has 1 aromatic carbocycles. The van der Waals surface area contributed by atoms with Crippen molar-refractivity contribution in [2.24, 2.45) is 10.1 Å². The summed E-state index contributed by atoms with van der Waals surface area (Å²) < 4.78 is 28.1. The summed E-state index contributed by atoms with van der Waals surface area (Å²) >= 11 is 1.73. The molecule has 0 saturated heterocycles. The average Bonchev–Trinajstić information content (AvgIpc) is 3.39. The summed E-state index contributed by atoms with van der Waals surface area (Å²) in [6.07, 6.45) is 3.33. The van der Waals surface area contributed by atoms with E-state index in [-0.39, 0.29) is 4.90 Å². The van der Waals surface area contributed by atoms with Gasteiger partial charge in [0, 0.05) is 24.4 Å². The van der Waals surface area contributed by atoms with E-state index in [9.17, 15) is 8.42 Å². The van der Waals surface area contributed by atoms with Gasteiger partial charge in [0.25, 0.3) is 0 Å². The van der Waals surface area contributed by atoms with Crippen molar-refractivity contribution in [2.75, 3.05) is 13.1 Å². The predicted octanol–water partition coefficient (Wildman–Crippen LogP) is 2.51. The topological polar surface area (TPSA) is 110 Å². The van der Waals surface area contributed by atoms with Gasteiger partial charge in [-0.3, -0.25) is 0 Å². The zero-order chi connectivity index (χ0) is 20.5. The predicted molar refractivity (Wildman–Crippen MR) is 115 cm³/mol. The number of thiophene rings is 1. The van der Waals surface area contributed by atoms with Gasteiger partial charge in [-0.15, -0.1) is 11.3 Å². The second-order valence-corrected chi connectivity index (χ2v) is 8.96. The molecule has 0 atom stereocenters. The van der Waals surface area contributed by atoms with Crippen LogP contribution < -0.4 is 15.8 Å². The van der Waals surface area contributed by atoms with Crippen molar-refractivity contribution in [2.45, 2.75) is 24.3 Å². The van der Waals surface area contributed by atoms with Crippen LogP contribution in [0.5, 0.6) is 0 Å². The number of nitrogens with two attached hydrogens (primary N) is 1. The molecule has 0 aliphatic rings. The Bertz CT molecular complexity index is 954. The SMILES string of the molecule is NS(=O)(=O)c1ccc(CN=C(NCCc2ccco2)NCCc2cccs2)cc1. The van der Waals surface area contributed by atoms with Gasteiger partial charge in [0.1, 0.15) is 5.76 Å². The van der Waals surface area contributed by atoms with Crippen LogP contribution in [-0.2, 0) is 29.4 Å². The summed E-state index contributed by atoms with van der Waals surface area (Å²) in [5.41, 5.74) is 0.891. The number of nitrogens with one attached hydrogen (secondary N) is 2. The third kappa shape index (κ3) is 7.04. The van der Waals surface area contributed by atoms with Crippen molar-refractivity contribution in [3.63, 3.8) is 0 Å². The molecule has 0 saturated carbocycles. The van der Waals surface area contributed by atoms with Crippen LogP contribution in [0, 0.1) is 0 Å². The summed E-state index contributed by atoms with van der Waals surface area (Å²) in [4.78, 5) is 6.01. The third-order valence-electron chi connectivity index (χ3n) is 4.16. The molecule has 0 unspecified atom stereocenters. The van der Waals surface area contributed by atoms with E-state index in [2.05, 4.69) is 27.1 Å². The van der Waals surface area contributed by atoms with Crippen molar-refractivity contribution >= 4 is 27.3 Å². The fraction of sp³-hybridized carbons (Fsp3) is 0.250. The largest absolute Gasteiger partial charge is 0.469 e. The minimum Gasteiger partial charge on any atom is -0.469 e. The zero-order valence-electron chi connectivity index (χ0n) is 15.9. The van der Waals surface area contributed by atoms with Gasteiger partial charge in [0.05, 0.1) is 17.7 Å². The van der Waals surface area contributed by atoms with E-state index in [4.69, 9.17) is 9.56 Å². The third-order valence-corrected chi connectivity index (χ3v) is 6.02. The van der Waals surface area contributed by atoms with Crippen molar-refractivity contribution in [3.8, 4) is 0 Å². The molecular formula is C20H24N4O3S2. The Balaban J connectivity index is 1.58. The van der Waals surface area contributed by atoms with Gasteiger partial charge in [-0.2, -0.15) is 0 Å². The fourth-order valence-corrected chi connectivity index (χ4v) is 3.87. The minimum absolute atomic E-state index is 0.0936. The van der Waals surface area contributed by atoms with Crippen LogP contribution in [0.3, 0.4) is 0 Å². The number of nitrogens with zero attached hydrogens (tertiary/aromatic N) is 1. The molecule has 3 rings (SSSR count). The first-order valence-electron chi connectivity index (χ1n) is 9.19. The smallest absolute Gasteiger partial charge is 0.238 e. The first-order chi connectivity index (χ1) is 14.0. The lowest BCUT2D eigenvalue weighted by Gasteiger charge is -2.12. The number of benzene rings is 1. The Labute approximate surface area is 174 Å². The number of hydrogen-bond donors (Lipinski definition) is 3. The summed E-state index contributed by atoms with van der Waals surface area (Å²) in [5, 5.41) is 13.9. The van der Waals surface area contributed by atoms with Gasteiger partial charge < -0.3 is 15.1 Å². The monoisotopic (exact) mass is 432 g/mol. The maximum absolute atomic E-state index is 11.4. The highest BCUT2D eigenvalue weighted by Gasteiger charge is 2.07. The number of rotatable bonds is 9. The van der Waals surface area contributed by atoms with E-state index in [0.29, 0.717) is 19.0 Å². The minimum atomic E-state index is -3.69. The van der Waals surface area contributed by atoms with Crippen LogP contribution in [0.1, 0.15) is 16.2 Å². The van der Waals surface area contributed by atoms with Crippen molar-refractivity contribution in [1.29, 1.82) is 0 Å². The van der Waals surface area contributed by atoms with Crippen LogP contribution in [0.4, 0.5) is 0 Å². The van der Waals surface area contributed by atoms with Gasteiger partial charge >= 0.3 is 0 Å². The molecule has 2 aromatic heterocycles. The molecule has 7 nitrogen and oxygen atoms in total. The molecule has 154 valence electrons. The summed E-state index contributed by atoms with van der Waals surface area (Å²) in [6.45, 7) is 1.86. The first kappa shape index (κ1) is 21.1. The Morgan fingerprint density at radius 1 is 1.03 bits per heavy atom. The standard InChI is InChI=1S/C20H24N4O3S2/c21-29(25,26)19-7-5-16(6-8-19)15-24-20(22-11-9-17-3-1-13-27-17)23-12-10-18-4-2-14-28-18/h1-8,13-14H,9-12,15H2,(H2,21,25,26)(H2,22,23,24). The number of aliphatic imine (C=N–C) groups is 1. The molecule has 2 heterocycles. The summed E-state index contributed by atoms with van der Waals surface area (Å²) in [7, 11) is -3.69. The molecule has 0 bridgehead atoms. The molecule has 4 N–H and O–H groups in total. The maximum atomic E-state index is 11.4. The van der Waals surface area contributed by atoms with E-state index >= 15 is 0 Å². The summed E-state index contributed by atoms with van der Waals surface area (Å²) in [5.74, 6) is 1.61. The fourth-order valence-electron chi connectivity index (χ4n) is 2.65. The van der Waals surface area contributed by atoms with Gasteiger partial charge in [0.15, 0.2) is 5.96 Å². The Morgan fingerprint density at radius 2 is 1.79 bits per heavy atom. The highest BCUT2D eigenvalue weighted by Crippen LogP contribution is 2.10. The van der Waals surface area contributed by atoms with Gasteiger partial charge in [0.2, 0.25) is 10.0 Å². The van der Waals surface area contributed by atoms with Gasteiger partial charge in [-0.05, 0) is 47.7 Å². The van der Waals surface area contributed by atoms with Crippen LogP contribution in [0.25, 0.3) is 0 Å². The quantitative estimate of drug-likeness (QED) is 0.355. The van der Waals surface area contributed by atoms with E-state index in [1.54, 1.807) is 29.7 Å². The lowest BCUT2D eigenvalue weighted by molar-refractivity contribution is 0.506.